The fourth-order valence-electron chi connectivity index (χ4n) is 1.47. The van der Waals surface area contributed by atoms with Crippen molar-refractivity contribution in [1.29, 1.82) is 0 Å². The SMILES string of the molecule is NNc1cccc(N2CCSCC2)n1. The summed E-state index contributed by atoms with van der Waals surface area (Å²) in [4.78, 5) is 6.68. The van der Waals surface area contributed by atoms with Crippen LogP contribution in [0.15, 0.2) is 18.2 Å². The first-order valence-corrected chi connectivity index (χ1v) is 5.82. The summed E-state index contributed by atoms with van der Waals surface area (Å²) in [6.45, 7) is 2.15. The first kappa shape index (κ1) is 9.61. The molecule has 0 unspecified atom stereocenters. The van der Waals surface area contributed by atoms with Crippen LogP contribution in [0.25, 0.3) is 0 Å². The monoisotopic (exact) mass is 210 g/mol. The Morgan fingerprint density at radius 1 is 1.36 bits per heavy atom. The van der Waals surface area contributed by atoms with Crippen molar-refractivity contribution in [2.24, 2.45) is 5.84 Å². The molecule has 0 amide bonds. The largest absolute Gasteiger partial charge is 0.355 e. The van der Waals surface area contributed by atoms with Crippen molar-refractivity contribution in [3.8, 4) is 0 Å². The summed E-state index contributed by atoms with van der Waals surface area (Å²) in [5, 5.41) is 0. The molecule has 5 heteroatoms. The van der Waals surface area contributed by atoms with E-state index in [-0.39, 0.29) is 0 Å². The van der Waals surface area contributed by atoms with E-state index in [0.29, 0.717) is 0 Å². The minimum atomic E-state index is 0.723. The second-order valence-electron chi connectivity index (χ2n) is 3.12. The van der Waals surface area contributed by atoms with Crippen molar-refractivity contribution in [3.05, 3.63) is 18.2 Å². The quantitative estimate of drug-likeness (QED) is 0.561. The number of hydrazine groups is 1. The van der Waals surface area contributed by atoms with E-state index in [1.807, 2.05) is 30.0 Å². The molecule has 14 heavy (non-hydrogen) atoms. The Hall–Kier alpha value is -0.940. The minimum absolute atomic E-state index is 0.723. The highest BCUT2D eigenvalue weighted by atomic mass is 32.2. The number of hydrogen-bond acceptors (Lipinski definition) is 5. The lowest BCUT2D eigenvalue weighted by molar-refractivity contribution is 0.839. The molecule has 2 rings (SSSR count). The summed E-state index contributed by atoms with van der Waals surface area (Å²) < 4.78 is 0. The molecular weight excluding hydrogens is 196 g/mol. The molecule has 2 heterocycles. The molecule has 1 fully saturated rings. The Bertz CT molecular complexity index is 299. The van der Waals surface area contributed by atoms with Gasteiger partial charge in [0.15, 0.2) is 0 Å². The zero-order chi connectivity index (χ0) is 9.80. The predicted molar refractivity (Wildman–Crippen MR) is 61.6 cm³/mol. The van der Waals surface area contributed by atoms with Gasteiger partial charge >= 0.3 is 0 Å². The molecule has 0 saturated carbocycles. The van der Waals surface area contributed by atoms with Crippen LogP contribution in [-0.2, 0) is 0 Å². The van der Waals surface area contributed by atoms with E-state index in [4.69, 9.17) is 5.84 Å². The van der Waals surface area contributed by atoms with Crippen LogP contribution in [0.4, 0.5) is 11.6 Å². The average molecular weight is 210 g/mol. The first-order valence-electron chi connectivity index (χ1n) is 4.66. The van der Waals surface area contributed by atoms with Crippen molar-refractivity contribution < 1.29 is 0 Å². The van der Waals surface area contributed by atoms with E-state index in [1.54, 1.807) is 0 Å². The number of hydrogen-bond donors (Lipinski definition) is 2. The summed E-state index contributed by atoms with van der Waals surface area (Å²) in [5.41, 5.74) is 2.56. The van der Waals surface area contributed by atoms with Gasteiger partial charge in [-0.05, 0) is 12.1 Å². The molecule has 0 aromatic carbocycles. The minimum Gasteiger partial charge on any atom is -0.355 e. The molecule has 0 aliphatic carbocycles. The van der Waals surface area contributed by atoms with Gasteiger partial charge in [0, 0.05) is 24.6 Å². The normalized spacial score (nSPS) is 16.8. The van der Waals surface area contributed by atoms with Gasteiger partial charge < -0.3 is 10.3 Å². The lowest BCUT2D eigenvalue weighted by atomic mass is 10.4. The van der Waals surface area contributed by atoms with E-state index in [1.165, 1.54) is 11.5 Å². The third-order valence-electron chi connectivity index (χ3n) is 2.22. The first-order chi connectivity index (χ1) is 6.90. The molecule has 4 nitrogen and oxygen atoms in total. The van der Waals surface area contributed by atoms with Gasteiger partial charge in [-0.25, -0.2) is 10.8 Å². The fraction of sp³-hybridized carbons (Fsp3) is 0.444. The van der Waals surface area contributed by atoms with Crippen molar-refractivity contribution in [2.45, 2.75) is 0 Å². The number of rotatable bonds is 2. The average Bonchev–Trinajstić information content (AvgIpc) is 2.30. The third-order valence-corrected chi connectivity index (χ3v) is 3.16. The Balaban J connectivity index is 2.13. The molecule has 0 bridgehead atoms. The van der Waals surface area contributed by atoms with Crippen LogP contribution >= 0.6 is 11.8 Å². The van der Waals surface area contributed by atoms with Crippen molar-refractivity contribution >= 4 is 23.4 Å². The van der Waals surface area contributed by atoms with Gasteiger partial charge in [-0.15, -0.1) is 0 Å². The Morgan fingerprint density at radius 3 is 2.86 bits per heavy atom. The van der Waals surface area contributed by atoms with Gasteiger partial charge in [-0.1, -0.05) is 6.07 Å². The summed E-state index contributed by atoms with van der Waals surface area (Å²) in [6, 6.07) is 5.86. The number of thioether (sulfide) groups is 1. The molecule has 76 valence electrons. The smallest absolute Gasteiger partial charge is 0.142 e. The number of nitrogens with zero attached hydrogens (tertiary/aromatic N) is 2. The van der Waals surface area contributed by atoms with Crippen LogP contribution in [-0.4, -0.2) is 29.6 Å². The Kier molecular flexibility index (Phi) is 3.10. The van der Waals surface area contributed by atoms with Gasteiger partial charge in [0.2, 0.25) is 0 Å². The standard InChI is InChI=1S/C9H14N4S/c10-12-8-2-1-3-9(11-8)13-4-6-14-7-5-13/h1-3H,4-7,10H2,(H,11,12). The maximum absolute atomic E-state index is 5.31. The molecule has 1 aliphatic heterocycles. The van der Waals surface area contributed by atoms with Crippen molar-refractivity contribution in [2.75, 3.05) is 34.9 Å². The molecule has 0 atom stereocenters. The van der Waals surface area contributed by atoms with Gasteiger partial charge in [-0.3, -0.25) is 0 Å². The van der Waals surface area contributed by atoms with E-state index in [0.717, 1.165) is 24.7 Å². The second kappa shape index (κ2) is 4.52. The van der Waals surface area contributed by atoms with Gasteiger partial charge in [0.1, 0.15) is 11.6 Å². The molecule has 3 N–H and O–H groups in total. The Morgan fingerprint density at radius 2 is 2.14 bits per heavy atom. The van der Waals surface area contributed by atoms with E-state index >= 15 is 0 Å². The van der Waals surface area contributed by atoms with Crippen LogP contribution in [0.2, 0.25) is 0 Å². The highest BCUT2D eigenvalue weighted by Gasteiger charge is 2.11. The zero-order valence-corrected chi connectivity index (χ0v) is 8.76. The van der Waals surface area contributed by atoms with E-state index in [2.05, 4.69) is 15.3 Å². The molecular formula is C9H14N4S. The van der Waals surface area contributed by atoms with E-state index in [9.17, 15) is 0 Å². The molecule has 1 aliphatic rings. The number of nitrogens with two attached hydrogens (primary N) is 1. The van der Waals surface area contributed by atoms with Crippen LogP contribution < -0.4 is 16.2 Å². The third kappa shape index (κ3) is 2.10. The van der Waals surface area contributed by atoms with Gasteiger partial charge in [0.25, 0.3) is 0 Å². The highest BCUT2D eigenvalue weighted by Crippen LogP contribution is 2.18. The number of nitrogen functional groups attached to an aromatic ring is 1. The molecule has 1 aromatic heterocycles. The maximum atomic E-state index is 5.31. The summed E-state index contributed by atoms with van der Waals surface area (Å²) in [6.07, 6.45) is 0. The zero-order valence-electron chi connectivity index (χ0n) is 7.94. The topological polar surface area (TPSA) is 54.2 Å². The van der Waals surface area contributed by atoms with Crippen LogP contribution in [0.1, 0.15) is 0 Å². The van der Waals surface area contributed by atoms with Crippen molar-refractivity contribution in [3.63, 3.8) is 0 Å². The number of aromatic nitrogens is 1. The van der Waals surface area contributed by atoms with Crippen LogP contribution in [0.3, 0.4) is 0 Å². The number of nitrogens with one attached hydrogen (secondary N) is 1. The molecule has 0 spiro atoms. The number of anilines is 2. The number of pyridine rings is 1. The Labute approximate surface area is 87.8 Å². The van der Waals surface area contributed by atoms with Crippen molar-refractivity contribution in [1.82, 2.24) is 4.98 Å². The van der Waals surface area contributed by atoms with Gasteiger partial charge in [0.05, 0.1) is 0 Å². The second-order valence-corrected chi connectivity index (χ2v) is 4.35. The lowest BCUT2D eigenvalue weighted by Gasteiger charge is -2.27. The molecule has 0 radical (unpaired) electrons. The van der Waals surface area contributed by atoms with Crippen LogP contribution in [0.5, 0.6) is 0 Å². The van der Waals surface area contributed by atoms with E-state index < -0.39 is 0 Å². The fourth-order valence-corrected chi connectivity index (χ4v) is 2.38. The predicted octanol–water partition coefficient (Wildman–Crippen LogP) is 0.920. The van der Waals surface area contributed by atoms with Gasteiger partial charge in [-0.2, -0.15) is 11.8 Å². The molecule has 1 aromatic rings. The summed E-state index contributed by atoms with van der Waals surface area (Å²) in [5.74, 6) is 9.42. The maximum Gasteiger partial charge on any atom is 0.142 e. The van der Waals surface area contributed by atoms with Crippen LogP contribution in [0, 0.1) is 0 Å². The molecule has 1 saturated heterocycles. The summed E-state index contributed by atoms with van der Waals surface area (Å²) >= 11 is 1.99. The summed E-state index contributed by atoms with van der Waals surface area (Å²) in [7, 11) is 0. The highest BCUT2D eigenvalue weighted by molar-refractivity contribution is 7.99. The lowest BCUT2D eigenvalue weighted by Crippen LogP contribution is -2.33.